The molecule has 0 bridgehead atoms. The number of aliphatic hydroxyl groups is 1. The van der Waals surface area contributed by atoms with E-state index in [2.05, 4.69) is 0 Å². The number of anilines is 2. The summed E-state index contributed by atoms with van der Waals surface area (Å²) < 4.78 is 12.6. The number of rotatable bonds is 12. The largest absolute Gasteiger partial charge is 0.497 e. The third-order valence-electron chi connectivity index (χ3n) is 11.1. The highest BCUT2D eigenvalue weighted by Crippen LogP contribution is 2.60. The first-order valence-corrected chi connectivity index (χ1v) is 21.8. The van der Waals surface area contributed by atoms with Crippen LogP contribution < -0.4 is 14.6 Å². The Kier molecular flexibility index (Phi) is 10.8. The van der Waals surface area contributed by atoms with Gasteiger partial charge in [-0.25, -0.2) is 5.01 Å². The molecule has 11 nitrogen and oxygen atoms in total. The Morgan fingerprint density at radius 1 is 0.964 bits per heavy atom. The first-order valence-electron chi connectivity index (χ1n) is 18.8. The number of methoxy groups -OCH3 is 1. The van der Waals surface area contributed by atoms with E-state index >= 15 is 4.79 Å². The van der Waals surface area contributed by atoms with Gasteiger partial charge in [0, 0.05) is 43.0 Å². The highest BCUT2D eigenvalue weighted by molar-refractivity contribution is 6.71. The minimum atomic E-state index is -3.07. The van der Waals surface area contributed by atoms with Crippen LogP contribution in [0.1, 0.15) is 48.4 Å². The predicted octanol–water partition coefficient (Wildman–Crippen LogP) is 5.98. The number of hydrogen-bond donors (Lipinski definition) is 2. The maximum atomic E-state index is 15.1. The van der Waals surface area contributed by atoms with Crippen LogP contribution in [0.4, 0.5) is 11.4 Å². The molecule has 3 aliphatic rings. The average molecular weight is 761 g/mol. The van der Waals surface area contributed by atoms with Crippen LogP contribution in [-0.4, -0.2) is 72.9 Å². The van der Waals surface area contributed by atoms with E-state index in [1.165, 1.54) is 5.01 Å². The van der Waals surface area contributed by atoms with Crippen molar-refractivity contribution in [1.82, 2.24) is 4.90 Å². The summed E-state index contributed by atoms with van der Waals surface area (Å²) in [5, 5.41) is 16.1. The number of ether oxygens (including phenoxy) is 2. The van der Waals surface area contributed by atoms with E-state index in [0.29, 0.717) is 42.1 Å². The van der Waals surface area contributed by atoms with Crippen molar-refractivity contribution in [3.05, 3.63) is 125 Å². The fourth-order valence-corrected chi connectivity index (χ4v) is 11.2. The zero-order valence-corrected chi connectivity index (χ0v) is 32.7. The molecule has 0 aromatic heterocycles. The Balaban J connectivity index is 1.21. The van der Waals surface area contributed by atoms with E-state index in [0.717, 1.165) is 22.4 Å². The van der Waals surface area contributed by atoms with Crippen molar-refractivity contribution >= 4 is 43.1 Å². The number of aliphatic hydroxyl groups excluding tert-OH is 1. The molecule has 1 saturated heterocycles. The Labute approximate surface area is 322 Å². The lowest BCUT2D eigenvalue weighted by atomic mass is 9.82. The van der Waals surface area contributed by atoms with E-state index in [9.17, 15) is 19.5 Å². The van der Waals surface area contributed by atoms with E-state index in [1.807, 2.05) is 117 Å². The van der Waals surface area contributed by atoms with Gasteiger partial charge < -0.3 is 29.2 Å². The molecule has 2 N–H and O–H groups in total. The molecule has 3 aliphatic heterocycles. The number of fused-ring (bicyclic) bond motifs is 2. The third-order valence-corrected chi connectivity index (χ3v) is 13.6. The van der Waals surface area contributed by atoms with Crippen molar-refractivity contribution in [2.24, 2.45) is 11.0 Å². The molecule has 0 unspecified atom stereocenters. The van der Waals surface area contributed by atoms with E-state index in [-0.39, 0.29) is 43.8 Å². The predicted molar refractivity (Wildman–Crippen MR) is 213 cm³/mol. The second-order valence-electron chi connectivity index (χ2n) is 15.2. The lowest BCUT2D eigenvalue weighted by Gasteiger charge is -2.32. The van der Waals surface area contributed by atoms with Crippen LogP contribution in [0.15, 0.2) is 108 Å². The minimum absolute atomic E-state index is 0.0649. The fourth-order valence-electron chi connectivity index (χ4n) is 8.62. The van der Waals surface area contributed by atoms with Crippen LogP contribution in [0.2, 0.25) is 18.6 Å². The standard InChI is InChI=1S/C43H48N4O7Si/c1-29-41(55(3,4)52)38(26-40(50)45(22-23-48)27-30-12-7-5-8-13-30)54-43(29)35-25-34(53-2)18-20-37(35)46(42(43)51)28-31-14-11-17-33(24-31)47-39(49)21-19-36(44-47)32-15-9-6-10-16-32/h5-18,20,24-25,29,38,41,48,52H,19,21-23,26-28H2,1-4H3/t29-,38+,41-,43+/m1/s1. The van der Waals surface area contributed by atoms with E-state index < -0.39 is 31.5 Å². The number of carbonyl (C=O) groups is 3. The highest BCUT2D eigenvalue weighted by Gasteiger charge is 2.66. The Bertz CT molecular complexity index is 2090. The molecule has 12 heteroatoms. The monoisotopic (exact) mass is 760 g/mol. The zero-order valence-electron chi connectivity index (χ0n) is 31.7. The molecule has 4 atom stereocenters. The average Bonchev–Trinajstić information content (AvgIpc) is 3.61. The first-order chi connectivity index (χ1) is 26.4. The van der Waals surface area contributed by atoms with Gasteiger partial charge in [-0.1, -0.05) is 79.7 Å². The van der Waals surface area contributed by atoms with Crippen LogP contribution >= 0.6 is 0 Å². The van der Waals surface area contributed by atoms with Gasteiger partial charge in [-0.15, -0.1) is 0 Å². The van der Waals surface area contributed by atoms with Gasteiger partial charge >= 0.3 is 0 Å². The summed E-state index contributed by atoms with van der Waals surface area (Å²) in [4.78, 5) is 57.4. The van der Waals surface area contributed by atoms with Crippen LogP contribution in [0.3, 0.4) is 0 Å². The molecule has 1 spiro atoms. The summed E-state index contributed by atoms with van der Waals surface area (Å²) in [7, 11) is -1.50. The number of hydrogen-bond acceptors (Lipinski definition) is 8. The summed E-state index contributed by atoms with van der Waals surface area (Å²) in [6.45, 7) is 6.01. The van der Waals surface area contributed by atoms with Crippen molar-refractivity contribution in [3.63, 3.8) is 0 Å². The van der Waals surface area contributed by atoms with Gasteiger partial charge in [-0.2, -0.15) is 5.10 Å². The van der Waals surface area contributed by atoms with Crippen molar-refractivity contribution in [3.8, 4) is 5.75 Å². The molecule has 4 aromatic rings. The van der Waals surface area contributed by atoms with E-state index in [1.54, 1.807) is 23.0 Å². The van der Waals surface area contributed by atoms with Gasteiger partial charge in [-0.3, -0.25) is 14.4 Å². The van der Waals surface area contributed by atoms with Crippen LogP contribution in [0, 0.1) is 5.92 Å². The van der Waals surface area contributed by atoms with Gasteiger partial charge in [-0.05, 0) is 60.1 Å². The smallest absolute Gasteiger partial charge is 0.264 e. The number of hydrazone groups is 1. The lowest BCUT2D eigenvalue weighted by Crippen LogP contribution is -2.46. The maximum absolute atomic E-state index is 15.1. The SMILES string of the molecule is COc1ccc2c(c1)[C@]1(O[C@@H](CC(=O)N(CCO)Cc3ccccc3)[C@H]([Si](C)(C)O)[C@H]1C)C(=O)N2Cc1cccc(N2N=C(c3ccccc3)CCC2=O)c1. The summed E-state index contributed by atoms with van der Waals surface area (Å²) in [5.74, 6) is -0.575. The van der Waals surface area contributed by atoms with Crippen molar-refractivity contribution in [2.75, 3.05) is 30.2 Å². The van der Waals surface area contributed by atoms with Crippen LogP contribution in [-0.2, 0) is 37.8 Å². The van der Waals surface area contributed by atoms with Gasteiger partial charge in [0.1, 0.15) is 5.75 Å². The summed E-state index contributed by atoms with van der Waals surface area (Å²) >= 11 is 0. The summed E-state index contributed by atoms with van der Waals surface area (Å²) in [5.41, 5.74) is 3.41. The second-order valence-corrected chi connectivity index (χ2v) is 19.1. The molecule has 0 aliphatic carbocycles. The number of amides is 3. The molecule has 7 rings (SSSR count). The lowest BCUT2D eigenvalue weighted by molar-refractivity contribution is -0.150. The second kappa shape index (κ2) is 15.5. The number of benzene rings is 4. The van der Waals surface area contributed by atoms with E-state index in [4.69, 9.17) is 14.6 Å². The Morgan fingerprint density at radius 2 is 1.67 bits per heavy atom. The van der Waals surface area contributed by atoms with Gasteiger partial charge in [0.15, 0.2) is 13.9 Å². The maximum Gasteiger partial charge on any atom is 0.264 e. The van der Waals surface area contributed by atoms with Crippen molar-refractivity contribution in [2.45, 2.75) is 69.6 Å². The van der Waals surface area contributed by atoms with Crippen LogP contribution in [0.25, 0.3) is 0 Å². The molecule has 55 heavy (non-hydrogen) atoms. The highest BCUT2D eigenvalue weighted by atomic mass is 28.4. The quantitative estimate of drug-likeness (QED) is 0.170. The molecule has 3 amide bonds. The molecule has 286 valence electrons. The van der Waals surface area contributed by atoms with Gasteiger partial charge in [0.2, 0.25) is 11.8 Å². The first kappa shape index (κ1) is 38.1. The number of carbonyl (C=O) groups excluding carboxylic acids is 3. The van der Waals surface area contributed by atoms with Gasteiger partial charge in [0.05, 0.1) is 49.9 Å². The zero-order chi connectivity index (χ0) is 38.9. The third kappa shape index (κ3) is 7.34. The fraction of sp³-hybridized carbons (Fsp3) is 0.349. The molecular weight excluding hydrogens is 713 g/mol. The molecule has 1 fully saturated rings. The number of nitrogens with zero attached hydrogens (tertiary/aromatic N) is 4. The van der Waals surface area contributed by atoms with Gasteiger partial charge in [0.25, 0.3) is 5.91 Å². The topological polar surface area (TPSA) is 132 Å². The molecule has 0 saturated carbocycles. The molecular formula is C43H48N4O7Si. The molecule has 0 radical (unpaired) electrons. The Morgan fingerprint density at radius 3 is 2.36 bits per heavy atom. The van der Waals surface area contributed by atoms with Crippen LogP contribution in [0.5, 0.6) is 5.75 Å². The Hall–Kier alpha value is -5.14. The van der Waals surface area contributed by atoms with Crippen molar-refractivity contribution in [1.29, 1.82) is 0 Å². The summed E-state index contributed by atoms with van der Waals surface area (Å²) in [6, 6.07) is 32.4. The minimum Gasteiger partial charge on any atom is -0.497 e. The molecule has 3 heterocycles. The molecule has 4 aromatic carbocycles. The summed E-state index contributed by atoms with van der Waals surface area (Å²) in [6.07, 6.45) is 0.0497. The normalized spacial score (nSPS) is 22.2. The van der Waals surface area contributed by atoms with Crippen molar-refractivity contribution < 1.29 is 33.8 Å².